The van der Waals surface area contributed by atoms with Gasteiger partial charge in [0.15, 0.2) is 23.0 Å². The van der Waals surface area contributed by atoms with Gasteiger partial charge < -0.3 is 29.6 Å². The van der Waals surface area contributed by atoms with Gasteiger partial charge in [-0.2, -0.15) is 0 Å². The number of ether oxygens (including phenoxy) is 4. The van der Waals surface area contributed by atoms with E-state index >= 15 is 0 Å². The molecule has 2 aromatic rings. The van der Waals surface area contributed by atoms with Crippen LogP contribution in [0.15, 0.2) is 46.4 Å². The highest BCUT2D eigenvalue weighted by Gasteiger charge is 2.13. The van der Waals surface area contributed by atoms with E-state index in [2.05, 4.69) is 20.6 Å². The van der Waals surface area contributed by atoms with Crippen LogP contribution in [0.3, 0.4) is 0 Å². The van der Waals surface area contributed by atoms with Crippen molar-refractivity contribution in [1.29, 1.82) is 0 Å². The maximum atomic E-state index is 5.93. The minimum Gasteiger partial charge on any atom is -0.493 e. The molecule has 2 N–H and O–H groups in total. The van der Waals surface area contributed by atoms with Crippen LogP contribution in [0.1, 0.15) is 24.0 Å². The van der Waals surface area contributed by atoms with Crippen LogP contribution >= 0.6 is 24.8 Å². The number of unbranched alkanes of at least 4 members (excludes halogenated alkanes) is 1. The van der Waals surface area contributed by atoms with Crippen molar-refractivity contribution in [2.24, 2.45) is 9.98 Å². The van der Waals surface area contributed by atoms with Crippen LogP contribution in [0.4, 0.5) is 0 Å². The molecule has 186 valence electrons. The van der Waals surface area contributed by atoms with Gasteiger partial charge in [0.1, 0.15) is 11.7 Å². The van der Waals surface area contributed by atoms with E-state index in [0.717, 1.165) is 73.3 Å². The van der Waals surface area contributed by atoms with Crippen LogP contribution in [0.5, 0.6) is 23.0 Å². The Kier molecular flexibility index (Phi) is 11.1. The Morgan fingerprint density at radius 2 is 1.12 bits per heavy atom. The lowest BCUT2D eigenvalue weighted by molar-refractivity contribution is 0.252. The third-order valence-electron chi connectivity index (χ3n) is 5.28. The summed E-state index contributed by atoms with van der Waals surface area (Å²) in [6.07, 6.45) is 1.72. The Balaban J connectivity index is 0.00000204. The first kappa shape index (κ1) is 27.4. The summed E-state index contributed by atoms with van der Waals surface area (Å²) in [5.74, 6) is 4.70. The van der Waals surface area contributed by atoms with E-state index in [1.807, 2.05) is 36.4 Å². The van der Waals surface area contributed by atoms with E-state index in [9.17, 15) is 0 Å². The Morgan fingerprint density at radius 1 is 0.676 bits per heavy atom. The molecule has 0 saturated heterocycles. The number of halogens is 2. The maximum absolute atomic E-state index is 5.93. The molecule has 0 saturated carbocycles. The predicted molar refractivity (Wildman–Crippen MR) is 140 cm³/mol. The zero-order valence-corrected chi connectivity index (χ0v) is 21.1. The van der Waals surface area contributed by atoms with Gasteiger partial charge >= 0.3 is 0 Å². The largest absolute Gasteiger partial charge is 0.493 e. The summed E-state index contributed by atoms with van der Waals surface area (Å²) in [5, 5.41) is 6.54. The molecule has 34 heavy (non-hydrogen) atoms. The summed E-state index contributed by atoms with van der Waals surface area (Å²) in [6.45, 7) is 4.53. The molecule has 2 heterocycles. The molecule has 4 rings (SSSR count). The first-order valence-corrected chi connectivity index (χ1v) is 11.0. The molecule has 0 aliphatic carbocycles. The number of nitrogens with zero attached hydrogens (tertiary/aromatic N) is 2. The van der Waals surface area contributed by atoms with Crippen LogP contribution in [0.25, 0.3) is 0 Å². The molecular weight excluding hydrogens is 479 g/mol. The SMILES string of the molecule is COc1cc(C2=NCCN2)ccc1OCCCCOc1ccc(C2=NCCN2)cc1OC.Cl.Cl. The van der Waals surface area contributed by atoms with E-state index in [4.69, 9.17) is 18.9 Å². The Labute approximate surface area is 213 Å². The minimum absolute atomic E-state index is 0. The van der Waals surface area contributed by atoms with Gasteiger partial charge in [-0.15, -0.1) is 24.8 Å². The predicted octanol–water partition coefficient (Wildman–Crippen LogP) is 3.49. The van der Waals surface area contributed by atoms with Gasteiger partial charge in [0.25, 0.3) is 0 Å². The van der Waals surface area contributed by atoms with Crippen molar-refractivity contribution in [1.82, 2.24) is 10.6 Å². The van der Waals surface area contributed by atoms with E-state index in [0.29, 0.717) is 24.7 Å². The van der Waals surface area contributed by atoms with E-state index in [1.54, 1.807) is 14.2 Å². The van der Waals surface area contributed by atoms with Crippen molar-refractivity contribution in [3.05, 3.63) is 47.5 Å². The van der Waals surface area contributed by atoms with Crippen LogP contribution < -0.4 is 29.6 Å². The van der Waals surface area contributed by atoms with Gasteiger partial charge in [0.2, 0.25) is 0 Å². The zero-order valence-electron chi connectivity index (χ0n) is 19.5. The number of benzene rings is 2. The van der Waals surface area contributed by atoms with Crippen molar-refractivity contribution in [2.45, 2.75) is 12.8 Å². The Morgan fingerprint density at radius 3 is 1.47 bits per heavy atom. The number of aliphatic imine (C=N–C) groups is 2. The molecule has 0 fully saturated rings. The number of methoxy groups -OCH3 is 2. The van der Waals surface area contributed by atoms with Gasteiger partial charge in [-0.3, -0.25) is 9.98 Å². The second-order valence-corrected chi connectivity index (χ2v) is 7.45. The highest BCUT2D eigenvalue weighted by atomic mass is 35.5. The molecule has 2 aliphatic heterocycles. The van der Waals surface area contributed by atoms with Crippen molar-refractivity contribution < 1.29 is 18.9 Å². The summed E-state index contributed by atoms with van der Waals surface area (Å²) in [6, 6.07) is 11.8. The number of nitrogens with one attached hydrogen (secondary N) is 2. The van der Waals surface area contributed by atoms with Crippen molar-refractivity contribution >= 4 is 36.5 Å². The van der Waals surface area contributed by atoms with Crippen LogP contribution in [-0.4, -0.2) is 65.3 Å². The lowest BCUT2D eigenvalue weighted by Gasteiger charge is -2.14. The summed E-state index contributed by atoms with van der Waals surface area (Å²) in [7, 11) is 3.30. The summed E-state index contributed by atoms with van der Waals surface area (Å²) in [4.78, 5) is 8.89. The molecule has 2 aliphatic rings. The fourth-order valence-electron chi connectivity index (χ4n) is 3.62. The van der Waals surface area contributed by atoms with Crippen molar-refractivity contribution in [3.8, 4) is 23.0 Å². The molecule has 0 amide bonds. The Bertz CT molecular complexity index is 921. The first-order valence-electron chi connectivity index (χ1n) is 11.0. The van der Waals surface area contributed by atoms with Crippen molar-refractivity contribution in [2.75, 3.05) is 53.6 Å². The molecule has 10 heteroatoms. The van der Waals surface area contributed by atoms with Crippen LogP contribution in [0.2, 0.25) is 0 Å². The van der Waals surface area contributed by atoms with E-state index < -0.39 is 0 Å². The number of hydrogen-bond acceptors (Lipinski definition) is 8. The normalized spacial score (nSPS) is 13.9. The topological polar surface area (TPSA) is 85.7 Å². The number of hydrogen-bond donors (Lipinski definition) is 2. The lowest BCUT2D eigenvalue weighted by atomic mass is 10.2. The van der Waals surface area contributed by atoms with Gasteiger partial charge in [0.05, 0.1) is 40.5 Å². The minimum atomic E-state index is 0. The second kappa shape index (κ2) is 13.8. The first-order chi connectivity index (χ1) is 15.8. The highest BCUT2D eigenvalue weighted by molar-refractivity contribution is 6.00. The maximum Gasteiger partial charge on any atom is 0.161 e. The summed E-state index contributed by atoms with van der Waals surface area (Å²) in [5.41, 5.74) is 2.02. The number of amidine groups is 2. The number of rotatable bonds is 11. The van der Waals surface area contributed by atoms with Crippen LogP contribution in [-0.2, 0) is 0 Å². The molecular formula is C24H32Cl2N4O4. The molecule has 0 atom stereocenters. The molecule has 0 spiro atoms. The second-order valence-electron chi connectivity index (χ2n) is 7.45. The lowest BCUT2D eigenvalue weighted by Crippen LogP contribution is -2.19. The quantitative estimate of drug-likeness (QED) is 0.450. The van der Waals surface area contributed by atoms with Gasteiger partial charge in [-0.25, -0.2) is 0 Å². The summed E-state index contributed by atoms with van der Waals surface area (Å²) < 4.78 is 22.8. The highest BCUT2D eigenvalue weighted by Crippen LogP contribution is 2.30. The van der Waals surface area contributed by atoms with Gasteiger partial charge in [-0.05, 0) is 49.2 Å². The monoisotopic (exact) mass is 510 g/mol. The molecule has 0 bridgehead atoms. The average Bonchev–Trinajstić information content (AvgIpc) is 3.56. The fraction of sp³-hybridized carbons (Fsp3) is 0.417. The molecule has 0 radical (unpaired) electrons. The Hall–Kier alpha value is -2.84. The molecule has 8 nitrogen and oxygen atoms in total. The third kappa shape index (κ3) is 6.84. The fourth-order valence-corrected chi connectivity index (χ4v) is 3.62. The smallest absolute Gasteiger partial charge is 0.161 e. The third-order valence-corrected chi connectivity index (χ3v) is 5.28. The van der Waals surface area contributed by atoms with Crippen molar-refractivity contribution in [3.63, 3.8) is 0 Å². The summed E-state index contributed by atoms with van der Waals surface area (Å²) >= 11 is 0. The van der Waals surface area contributed by atoms with Gasteiger partial charge in [-0.1, -0.05) is 0 Å². The van der Waals surface area contributed by atoms with Crippen LogP contribution in [0, 0.1) is 0 Å². The van der Waals surface area contributed by atoms with Gasteiger partial charge in [0, 0.05) is 24.2 Å². The molecule has 0 unspecified atom stereocenters. The molecule has 0 aromatic heterocycles. The molecule has 2 aromatic carbocycles. The average molecular weight is 511 g/mol. The van der Waals surface area contributed by atoms with E-state index in [-0.39, 0.29) is 24.8 Å². The van der Waals surface area contributed by atoms with E-state index in [1.165, 1.54) is 0 Å². The zero-order chi connectivity index (χ0) is 22.2. The standard InChI is InChI=1S/C24H30N4O4.2ClH/c1-29-21-15-17(23-25-9-10-26-23)5-7-19(21)31-13-3-4-14-32-20-8-6-18(16-22(20)30-2)24-27-11-12-28-24;;/h5-8,15-16H,3-4,9-14H2,1-2H3,(H,25,26)(H,27,28);2*1H.